The number of nitrogens with zero attached hydrogens (tertiary/aromatic N) is 1. The lowest BCUT2D eigenvalue weighted by molar-refractivity contribution is 0.0526. The fourth-order valence-corrected chi connectivity index (χ4v) is 3.44. The van der Waals surface area contributed by atoms with Crippen molar-refractivity contribution in [1.29, 1.82) is 0 Å². The van der Waals surface area contributed by atoms with Crippen LogP contribution in [-0.4, -0.2) is 28.0 Å². The Morgan fingerprint density at radius 1 is 1.17 bits per heavy atom. The standard InChI is InChI=1S/C17H18FNO4S/c1-4-23-17(20)13-6-5-12(2)16(11-13)19(3)24(21,22)15-9-7-14(18)8-10-15/h5-11H,4H2,1-3H3. The van der Waals surface area contributed by atoms with E-state index in [1.54, 1.807) is 26.0 Å². The van der Waals surface area contributed by atoms with Crippen LogP contribution in [0.25, 0.3) is 0 Å². The maximum absolute atomic E-state index is 13.0. The monoisotopic (exact) mass is 351 g/mol. The van der Waals surface area contributed by atoms with Crippen molar-refractivity contribution in [2.75, 3.05) is 18.0 Å². The Morgan fingerprint density at radius 2 is 1.79 bits per heavy atom. The SMILES string of the molecule is CCOC(=O)c1ccc(C)c(N(C)S(=O)(=O)c2ccc(F)cc2)c1. The van der Waals surface area contributed by atoms with Crippen molar-refractivity contribution in [3.05, 3.63) is 59.4 Å². The molecule has 2 aromatic carbocycles. The number of carbonyl (C=O) groups excluding carboxylic acids is 1. The molecular weight excluding hydrogens is 333 g/mol. The number of carbonyl (C=O) groups is 1. The van der Waals surface area contributed by atoms with E-state index in [2.05, 4.69) is 0 Å². The molecule has 2 rings (SSSR count). The number of sulfonamides is 1. The summed E-state index contributed by atoms with van der Waals surface area (Å²) in [7, 11) is -2.49. The van der Waals surface area contributed by atoms with Gasteiger partial charge in [-0.15, -0.1) is 0 Å². The Bertz CT molecular complexity index is 847. The van der Waals surface area contributed by atoms with Crippen molar-refractivity contribution in [2.45, 2.75) is 18.7 Å². The van der Waals surface area contributed by atoms with Crippen molar-refractivity contribution in [3.63, 3.8) is 0 Å². The second-order valence-electron chi connectivity index (χ2n) is 5.15. The number of ether oxygens (including phenoxy) is 1. The first kappa shape index (κ1) is 17.9. The molecule has 7 heteroatoms. The molecule has 5 nitrogen and oxygen atoms in total. The normalized spacial score (nSPS) is 11.2. The zero-order chi connectivity index (χ0) is 17.9. The summed E-state index contributed by atoms with van der Waals surface area (Å²) in [5.74, 6) is -1.04. The van der Waals surface area contributed by atoms with Gasteiger partial charge in [-0.3, -0.25) is 4.31 Å². The van der Waals surface area contributed by atoms with Gasteiger partial charge in [-0.1, -0.05) is 6.07 Å². The summed E-state index contributed by atoms with van der Waals surface area (Å²) in [5, 5.41) is 0. The summed E-state index contributed by atoms with van der Waals surface area (Å²) in [6, 6.07) is 9.27. The van der Waals surface area contributed by atoms with E-state index in [-0.39, 0.29) is 17.1 Å². The molecule has 0 unspecified atom stereocenters. The van der Waals surface area contributed by atoms with Crippen LogP contribution in [0.1, 0.15) is 22.8 Å². The number of benzene rings is 2. The highest BCUT2D eigenvalue weighted by Crippen LogP contribution is 2.27. The van der Waals surface area contributed by atoms with Gasteiger partial charge >= 0.3 is 5.97 Å². The molecule has 0 radical (unpaired) electrons. The van der Waals surface area contributed by atoms with Crippen LogP contribution in [0.4, 0.5) is 10.1 Å². The zero-order valence-corrected chi connectivity index (χ0v) is 14.4. The van der Waals surface area contributed by atoms with Crippen LogP contribution in [0.2, 0.25) is 0 Å². The zero-order valence-electron chi connectivity index (χ0n) is 13.6. The van der Waals surface area contributed by atoms with Gasteiger partial charge in [0.15, 0.2) is 0 Å². The van der Waals surface area contributed by atoms with E-state index < -0.39 is 21.8 Å². The first-order valence-electron chi connectivity index (χ1n) is 7.29. The van der Waals surface area contributed by atoms with E-state index in [1.807, 2.05) is 0 Å². The van der Waals surface area contributed by atoms with E-state index in [0.29, 0.717) is 11.3 Å². The van der Waals surface area contributed by atoms with Crippen LogP contribution in [0, 0.1) is 12.7 Å². The number of esters is 1. The lowest BCUT2D eigenvalue weighted by Crippen LogP contribution is -2.27. The Hall–Kier alpha value is -2.41. The van der Waals surface area contributed by atoms with Crippen LogP contribution in [0.15, 0.2) is 47.4 Å². The predicted octanol–water partition coefficient (Wildman–Crippen LogP) is 3.14. The van der Waals surface area contributed by atoms with E-state index in [9.17, 15) is 17.6 Å². The highest BCUT2D eigenvalue weighted by molar-refractivity contribution is 7.92. The van der Waals surface area contributed by atoms with E-state index in [1.165, 1.54) is 25.2 Å². The Balaban J connectivity index is 2.44. The van der Waals surface area contributed by atoms with Gasteiger partial charge in [0.2, 0.25) is 0 Å². The maximum atomic E-state index is 13.0. The fraction of sp³-hybridized carbons (Fsp3) is 0.235. The van der Waals surface area contributed by atoms with Crippen LogP contribution in [-0.2, 0) is 14.8 Å². The molecule has 0 heterocycles. The topological polar surface area (TPSA) is 63.7 Å². The van der Waals surface area contributed by atoms with Crippen LogP contribution in [0.3, 0.4) is 0 Å². The number of hydrogen-bond donors (Lipinski definition) is 0. The second-order valence-corrected chi connectivity index (χ2v) is 7.12. The first-order chi connectivity index (χ1) is 11.3. The highest BCUT2D eigenvalue weighted by Gasteiger charge is 2.23. The molecule has 0 N–H and O–H groups in total. The first-order valence-corrected chi connectivity index (χ1v) is 8.73. The van der Waals surface area contributed by atoms with Crippen molar-refractivity contribution >= 4 is 21.7 Å². The number of rotatable bonds is 5. The number of halogens is 1. The van der Waals surface area contributed by atoms with Crippen LogP contribution < -0.4 is 4.31 Å². The molecule has 0 saturated heterocycles. The summed E-state index contributed by atoms with van der Waals surface area (Å²) in [6.07, 6.45) is 0. The molecule has 0 atom stereocenters. The average molecular weight is 351 g/mol. The molecular formula is C17H18FNO4S. The van der Waals surface area contributed by atoms with Crippen molar-refractivity contribution < 1.29 is 22.3 Å². The summed E-state index contributed by atoms with van der Waals surface area (Å²) in [4.78, 5) is 11.8. The predicted molar refractivity (Wildman–Crippen MR) is 89.1 cm³/mol. The molecule has 24 heavy (non-hydrogen) atoms. The molecule has 0 fully saturated rings. The third-order valence-electron chi connectivity index (χ3n) is 3.53. The Kier molecular flexibility index (Phi) is 5.23. The van der Waals surface area contributed by atoms with E-state index in [0.717, 1.165) is 16.4 Å². The van der Waals surface area contributed by atoms with Gasteiger partial charge in [0.05, 0.1) is 22.8 Å². The molecule has 2 aromatic rings. The highest BCUT2D eigenvalue weighted by atomic mass is 32.2. The van der Waals surface area contributed by atoms with Crippen LogP contribution in [0.5, 0.6) is 0 Å². The minimum atomic E-state index is -3.87. The molecule has 0 saturated carbocycles. The van der Waals surface area contributed by atoms with Crippen molar-refractivity contribution in [2.24, 2.45) is 0 Å². The number of aryl methyl sites for hydroxylation is 1. The van der Waals surface area contributed by atoms with Crippen LogP contribution >= 0.6 is 0 Å². The molecule has 0 aliphatic rings. The smallest absolute Gasteiger partial charge is 0.338 e. The van der Waals surface area contributed by atoms with Gasteiger partial charge in [-0.05, 0) is 55.8 Å². The summed E-state index contributed by atoms with van der Waals surface area (Å²) in [6.45, 7) is 3.66. The van der Waals surface area contributed by atoms with Crippen molar-refractivity contribution in [1.82, 2.24) is 0 Å². The average Bonchev–Trinajstić information content (AvgIpc) is 2.55. The van der Waals surface area contributed by atoms with Gasteiger partial charge < -0.3 is 4.74 Å². The summed E-state index contributed by atoms with van der Waals surface area (Å²) in [5.41, 5.74) is 1.29. The van der Waals surface area contributed by atoms with Gasteiger partial charge in [-0.2, -0.15) is 0 Å². The van der Waals surface area contributed by atoms with Gasteiger partial charge in [0.25, 0.3) is 10.0 Å². The van der Waals surface area contributed by atoms with Gasteiger partial charge in [0.1, 0.15) is 5.82 Å². The molecule has 128 valence electrons. The Labute approximate surface area is 140 Å². The number of anilines is 1. The van der Waals surface area contributed by atoms with Gasteiger partial charge in [0, 0.05) is 7.05 Å². The van der Waals surface area contributed by atoms with E-state index >= 15 is 0 Å². The molecule has 0 bridgehead atoms. The molecule has 0 aromatic heterocycles. The fourth-order valence-electron chi connectivity index (χ4n) is 2.18. The summed E-state index contributed by atoms with van der Waals surface area (Å²) < 4.78 is 44.4. The lowest BCUT2D eigenvalue weighted by Gasteiger charge is -2.22. The maximum Gasteiger partial charge on any atom is 0.338 e. The molecule has 0 aliphatic carbocycles. The molecule has 0 amide bonds. The largest absolute Gasteiger partial charge is 0.462 e. The second kappa shape index (κ2) is 7.00. The molecule has 0 aliphatic heterocycles. The third kappa shape index (κ3) is 3.56. The minimum Gasteiger partial charge on any atom is -0.462 e. The Morgan fingerprint density at radius 3 is 2.38 bits per heavy atom. The third-order valence-corrected chi connectivity index (χ3v) is 5.32. The summed E-state index contributed by atoms with van der Waals surface area (Å²) >= 11 is 0. The van der Waals surface area contributed by atoms with E-state index in [4.69, 9.17) is 4.74 Å². The van der Waals surface area contributed by atoms with Gasteiger partial charge in [-0.25, -0.2) is 17.6 Å². The quantitative estimate of drug-likeness (QED) is 0.777. The number of hydrogen-bond acceptors (Lipinski definition) is 4. The minimum absolute atomic E-state index is 0.0349. The molecule has 0 spiro atoms. The lowest BCUT2D eigenvalue weighted by atomic mass is 10.1. The van der Waals surface area contributed by atoms with Crippen molar-refractivity contribution in [3.8, 4) is 0 Å².